The van der Waals surface area contributed by atoms with Gasteiger partial charge in [-0.25, -0.2) is 9.97 Å². The fourth-order valence-corrected chi connectivity index (χ4v) is 3.63. The summed E-state index contributed by atoms with van der Waals surface area (Å²) in [6.45, 7) is 5.76. The van der Waals surface area contributed by atoms with Crippen LogP contribution < -0.4 is 10.6 Å². The van der Waals surface area contributed by atoms with Gasteiger partial charge in [-0.2, -0.15) is 0 Å². The maximum Gasteiger partial charge on any atom is 0.257 e. The molecule has 1 aromatic carbocycles. The Kier molecular flexibility index (Phi) is 5.22. The molecule has 0 saturated carbocycles. The number of imidazole rings is 2. The summed E-state index contributed by atoms with van der Waals surface area (Å²) in [5, 5.41) is 5.61. The zero-order chi connectivity index (χ0) is 21.3. The number of H-pyrrole nitrogens is 2. The molecule has 8 heteroatoms. The second-order valence-electron chi connectivity index (χ2n) is 7.65. The van der Waals surface area contributed by atoms with E-state index in [4.69, 9.17) is 0 Å². The van der Waals surface area contributed by atoms with E-state index in [1.807, 2.05) is 39.0 Å². The topological polar surface area (TPSA) is 116 Å². The van der Waals surface area contributed by atoms with E-state index in [0.29, 0.717) is 17.5 Å². The number of carbonyl (C=O) groups excluding carboxylic acids is 2. The van der Waals surface area contributed by atoms with Crippen LogP contribution in [-0.2, 0) is 17.6 Å². The summed E-state index contributed by atoms with van der Waals surface area (Å²) in [6, 6.07) is 9.02. The maximum absolute atomic E-state index is 12.4. The van der Waals surface area contributed by atoms with Crippen molar-refractivity contribution in [2.45, 2.75) is 39.5 Å². The Morgan fingerprint density at radius 3 is 2.10 bits per heavy atom. The van der Waals surface area contributed by atoms with Crippen LogP contribution in [0.25, 0.3) is 0 Å². The molecule has 3 aromatic rings. The van der Waals surface area contributed by atoms with E-state index in [1.165, 1.54) is 6.08 Å². The predicted molar refractivity (Wildman–Crippen MR) is 115 cm³/mol. The number of allylic oxidation sites excluding steroid dienone is 1. The maximum atomic E-state index is 12.4. The van der Waals surface area contributed by atoms with Gasteiger partial charge in [-0.1, -0.05) is 30.7 Å². The SMILES string of the molecule is CC(C)=CC(=O)Nc1nc2c([nH]1)CCc1[nH]c(NC(=O)c3ccccc3)nc1[C@@H]2C. The summed E-state index contributed by atoms with van der Waals surface area (Å²) in [5.74, 6) is 0.360. The highest BCUT2D eigenvalue weighted by Gasteiger charge is 2.27. The lowest BCUT2D eigenvalue weighted by Crippen LogP contribution is -2.13. The highest BCUT2D eigenvalue weighted by molar-refractivity contribution is 6.03. The number of amides is 2. The average molecular weight is 404 g/mol. The Balaban J connectivity index is 1.54. The molecule has 0 spiro atoms. The van der Waals surface area contributed by atoms with Gasteiger partial charge in [0.1, 0.15) is 0 Å². The predicted octanol–water partition coefficient (Wildman–Crippen LogP) is 3.54. The first kappa shape index (κ1) is 19.6. The Labute approximate surface area is 174 Å². The fraction of sp³-hybridized carbons (Fsp3) is 0.273. The molecule has 0 fully saturated rings. The number of hydrogen-bond donors (Lipinski definition) is 4. The van der Waals surface area contributed by atoms with E-state index in [1.54, 1.807) is 12.1 Å². The Bertz CT molecular complexity index is 1120. The minimum Gasteiger partial charge on any atom is -0.328 e. The molecule has 0 bridgehead atoms. The molecular formula is C22H24N6O2. The molecule has 154 valence electrons. The van der Waals surface area contributed by atoms with Gasteiger partial charge in [0.25, 0.3) is 11.8 Å². The zero-order valence-corrected chi connectivity index (χ0v) is 17.2. The van der Waals surface area contributed by atoms with Crippen LogP contribution in [0.1, 0.15) is 59.8 Å². The Morgan fingerprint density at radius 2 is 1.53 bits per heavy atom. The monoisotopic (exact) mass is 404 g/mol. The molecule has 1 aliphatic carbocycles. The fourth-order valence-electron chi connectivity index (χ4n) is 3.63. The summed E-state index contributed by atoms with van der Waals surface area (Å²) in [6.07, 6.45) is 2.99. The van der Waals surface area contributed by atoms with Gasteiger partial charge in [-0.3, -0.25) is 20.2 Å². The van der Waals surface area contributed by atoms with Crippen molar-refractivity contribution in [3.8, 4) is 0 Å². The van der Waals surface area contributed by atoms with Crippen LogP contribution in [0, 0.1) is 0 Å². The van der Waals surface area contributed by atoms with Gasteiger partial charge in [-0.05, 0) is 38.8 Å². The van der Waals surface area contributed by atoms with E-state index in [9.17, 15) is 9.59 Å². The van der Waals surface area contributed by atoms with Gasteiger partial charge in [0.05, 0.1) is 11.4 Å². The number of rotatable bonds is 4. The normalized spacial score (nSPS) is 14.8. The lowest BCUT2D eigenvalue weighted by Gasteiger charge is -2.06. The minimum absolute atomic E-state index is 0.0820. The average Bonchev–Trinajstić information content (AvgIpc) is 3.27. The minimum atomic E-state index is -0.211. The molecular weight excluding hydrogens is 380 g/mol. The van der Waals surface area contributed by atoms with Gasteiger partial charge in [-0.15, -0.1) is 0 Å². The van der Waals surface area contributed by atoms with Crippen LogP contribution in [0.2, 0.25) is 0 Å². The third kappa shape index (κ3) is 4.03. The summed E-state index contributed by atoms with van der Waals surface area (Å²) >= 11 is 0. The van der Waals surface area contributed by atoms with E-state index in [0.717, 1.165) is 41.2 Å². The van der Waals surface area contributed by atoms with E-state index < -0.39 is 0 Å². The number of aryl methyl sites for hydroxylation is 2. The van der Waals surface area contributed by atoms with Gasteiger partial charge in [0, 0.05) is 28.9 Å². The molecule has 30 heavy (non-hydrogen) atoms. The third-order valence-electron chi connectivity index (χ3n) is 5.00. The summed E-state index contributed by atoms with van der Waals surface area (Å²) in [7, 11) is 0. The third-order valence-corrected chi connectivity index (χ3v) is 5.00. The number of hydrogen-bond acceptors (Lipinski definition) is 4. The zero-order valence-electron chi connectivity index (χ0n) is 17.2. The second kappa shape index (κ2) is 7.98. The number of benzene rings is 1. The number of nitrogens with zero attached hydrogens (tertiary/aromatic N) is 2. The summed E-state index contributed by atoms with van der Waals surface area (Å²) in [5.41, 5.74) is 5.16. The van der Waals surface area contributed by atoms with Gasteiger partial charge >= 0.3 is 0 Å². The van der Waals surface area contributed by atoms with Gasteiger partial charge in [0.2, 0.25) is 11.9 Å². The van der Waals surface area contributed by atoms with Crippen LogP contribution in [0.3, 0.4) is 0 Å². The molecule has 0 saturated heterocycles. The second-order valence-corrected chi connectivity index (χ2v) is 7.65. The number of nitrogens with one attached hydrogen (secondary N) is 4. The molecule has 2 amide bonds. The van der Waals surface area contributed by atoms with E-state index in [-0.39, 0.29) is 17.7 Å². The molecule has 4 N–H and O–H groups in total. The van der Waals surface area contributed by atoms with Gasteiger partial charge < -0.3 is 9.97 Å². The molecule has 0 aliphatic heterocycles. The number of carbonyl (C=O) groups is 2. The first-order valence-electron chi connectivity index (χ1n) is 9.90. The van der Waals surface area contributed by atoms with Crippen molar-refractivity contribution in [2.75, 3.05) is 10.6 Å². The Hall–Kier alpha value is -3.68. The molecule has 0 unspecified atom stereocenters. The lowest BCUT2D eigenvalue weighted by atomic mass is 10.0. The highest BCUT2D eigenvalue weighted by atomic mass is 16.2. The van der Waals surface area contributed by atoms with Crippen LogP contribution in [0.4, 0.5) is 11.9 Å². The highest BCUT2D eigenvalue weighted by Crippen LogP contribution is 2.33. The molecule has 4 rings (SSSR count). The number of aromatic amines is 2. The van der Waals surface area contributed by atoms with Crippen LogP contribution in [0.5, 0.6) is 0 Å². The standard InChI is InChI=1S/C22H24N6O2/c1-12(2)11-17(29)25-21-23-15-9-10-16-19(13(3)18(15)26-21)27-22(24-16)28-20(30)14-7-5-4-6-8-14/h4-8,11,13H,9-10H2,1-3H3,(H2,23,25,26,29)(H2,24,27,28,30)/t13-/m1/s1. The molecule has 1 aliphatic rings. The smallest absolute Gasteiger partial charge is 0.257 e. The van der Waals surface area contributed by atoms with Crippen molar-refractivity contribution in [3.63, 3.8) is 0 Å². The summed E-state index contributed by atoms with van der Waals surface area (Å²) < 4.78 is 0. The van der Waals surface area contributed by atoms with Crippen LogP contribution in [-0.4, -0.2) is 31.8 Å². The first-order chi connectivity index (χ1) is 14.4. The van der Waals surface area contributed by atoms with Crippen molar-refractivity contribution in [1.29, 1.82) is 0 Å². The molecule has 8 nitrogen and oxygen atoms in total. The molecule has 1 atom stereocenters. The largest absolute Gasteiger partial charge is 0.328 e. The number of anilines is 2. The molecule has 2 heterocycles. The van der Waals surface area contributed by atoms with Gasteiger partial charge in [0.15, 0.2) is 0 Å². The van der Waals surface area contributed by atoms with Crippen molar-refractivity contribution < 1.29 is 9.59 Å². The Morgan fingerprint density at radius 1 is 0.967 bits per heavy atom. The molecule has 2 aromatic heterocycles. The molecule has 0 radical (unpaired) electrons. The first-order valence-corrected chi connectivity index (χ1v) is 9.90. The van der Waals surface area contributed by atoms with Crippen molar-refractivity contribution in [1.82, 2.24) is 19.9 Å². The van der Waals surface area contributed by atoms with Crippen molar-refractivity contribution in [3.05, 3.63) is 70.3 Å². The summed E-state index contributed by atoms with van der Waals surface area (Å²) in [4.78, 5) is 40.1. The lowest BCUT2D eigenvalue weighted by molar-refractivity contribution is -0.112. The number of fused-ring (bicyclic) bond motifs is 2. The number of aromatic nitrogens is 4. The van der Waals surface area contributed by atoms with Crippen molar-refractivity contribution >= 4 is 23.7 Å². The van der Waals surface area contributed by atoms with Crippen LogP contribution in [0.15, 0.2) is 42.0 Å². The van der Waals surface area contributed by atoms with E-state index >= 15 is 0 Å². The van der Waals surface area contributed by atoms with E-state index in [2.05, 4.69) is 30.6 Å². The van der Waals surface area contributed by atoms with Crippen molar-refractivity contribution in [2.24, 2.45) is 0 Å². The van der Waals surface area contributed by atoms with Crippen LogP contribution >= 0.6 is 0 Å². The quantitative estimate of drug-likeness (QED) is 0.498.